The molecule has 6 nitrogen and oxygen atoms in total. The second-order valence-corrected chi connectivity index (χ2v) is 6.29. The lowest BCUT2D eigenvalue weighted by molar-refractivity contribution is -0.385. The summed E-state index contributed by atoms with van der Waals surface area (Å²) in [5, 5.41) is 22.4. The van der Waals surface area contributed by atoms with Crippen molar-refractivity contribution in [1.82, 2.24) is 0 Å². The molecule has 0 atom stereocenters. The van der Waals surface area contributed by atoms with Crippen LogP contribution in [0.2, 0.25) is 0 Å². The fourth-order valence-corrected chi connectivity index (χ4v) is 3.43. The highest BCUT2D eigenvalue weighted by Crippen LogP contribution is 2.30. The Morgan fingerprint density at radius 3 is 1.12 bits per heavy atom. The Hall–Kier alpha value is -2.76. The van der Waals surface area contributed by atoms with Gasteiger partial charge in [-0.2, -0.15) is 0 Å². The van der Waals surface area contributed by atoms with E-state index >= 15 is 0 Å². The molecule has 1 aliphatic carbocycles. The minimum atomic E-state index is -0.354. The summed E-state index contributed by atoms with van der Waals surface area (Å²) in [5.41, 5.74) is 6.25. The van der Waals surface area contributed by atoms with Crippen molar-refractivity contribution in [3.63, 3.8) is 0 Å². The number of benzene rings is 2. The molecule has 0 unspecified atom stereocenters. The van der Waals surface area contributed by atoms with Crippen LogP contribution < -0.4 is 0 Å². The Balaban J connectivity index is 2.11. The van der Waals surface area contributed by atoms with Gasteiger partial charge in [-0.3, -0.25) is 20.2 Å². The van der Waals surface area contributed by atoms with Crippen molar-refractivity contribution in [2.24, 2.45) is 0 Å². The van der Waals surface area contributed by atoms with Crippen LogP contribution in [-0.2, 0) is 25.7 Å². The van der Waals surface area contributed by atoms with E-state index in [-0.39, 0.29) is 21.2 Å². The molecule has 2 aromatic carbocycles. The number of fused-ring (bicyclic) bond motifs is 4. The van der Waals surface area contributed by atoms with Crippen molar-refractivity contribution in [3.8, 4) is 0 Å². The monoisotopic (exact) mass is 326 g/mol. The van der Waals surface area contributed by atoms with E-state index in [1.54, 1.807) is 24.3 Å². The second-order valence-electron chi connectivity index (χ2n) is 6.29. The third-order valence-corrected chi connectivity index (χ3v) is 4.96. The van der Waals surface area contributed by atoms with Crippen LogP contribution in [0, 0.1) is 34.1 Å². The molecule has 0 N–H and O–H groups in total. The summed E-state index contributed by atoms with van der Waals surface area (Å²) in [4.78, 5) is 21.6. The summed E-state index contributed by atoms with van der Waals surface area (Å²) in [5.74, 6) is 0. The molecular formula is C18H18N2O4. The zero-order valence-corrected chi connectivity index (χ0v) is 13.7. The van der Waals surface area contributed by atoms with Crippen molar-refractivity contribution < 1.29 is 9.85 Å². The minimum Gasteiger partial charge on any atom is -0.258 e. The predicted molar refractivity (Wildman–Crippen MR) is 90.5 cm³/mol. The summed E-state index contributed by atoms with van der Waals surface area (Å²) >= 11 is 0. The number of nitro benzene ring substituents is 2. The maximum atomic E-state index is 11.2. The third-order valence-electron chi connectivity index (χ3n) is 4.96. The maximum Gasteiger partial charge on any atom is 0.269 e. The zero-order valence-electron chi connectivity index (χ0n) is 13.7. The molecule has 0 saturated carbocycles. The van der Waals surface area contributed by atoms with Crippen molar-refractivity contribution in [2.45, 2.75) is 39.5 Å². The molecule has 124 valence electrons. The molecule has 0 spiro atoms. The molecule has 3 rings (SSSR count). The molecule has 2 aromatic rings. The highest BCUT2D eigenvalue weighted by molar-refractivity contribution is 5.50. The van der Waals surface area contributed by atoms with Gasteiger partial charge in [0.15, 0.2) is 0 Å². The number of nitro groups is 2. The van der Waals surface area contributed by atoms with E-state index < -0.39 is 0 Å². The highest BCUT2D eigenvalue weighted by Gasteiger charge is 2.19. The zero-order chi connectivity index (χ0) is 17.4. The number of rotatable bonds is 2. The molecule has 24 heavy (non-hydrogen) atoms. The number of nitrogens with zero attached hydrogens (tertiary/aromatic N) is 2. The first-order valence-electron chi connectivity index (χ1n) is 7.90. The fourth-order valence-electron chi connectivity index (χ4n) is 3.43. The van der Waals surface area contributed by atoms with Gasteiger partial charge in [0.05, 0.1) is 9.85 Å². The van der Waals surface area contributed by atoms with Crippen LogP contribution in [0.4, 0.5) is 11.4 Å². The van der Waals surface area contributed by atoms with Gasteiger partial charge in [-0.15, -0.1) is 0 Å². The highest BCUT2D eigenvalue weighted by atomic mass is 16.6. The first kappa shape index (κ1) is 16.1. The molecule has 0 radical (unpaired) electrons. The van der Waals surface area contributed by atoms with Crippen LogP contribution in [0.5, 0.6) is 0 Å². The average molecular weight is 326 g/mol. The van der Waals surface area contributed by atoms with Gasteiger partial charge >= 0.3 is 0 Å². The Kier molecular flexibility index (Phi) is 4.05. The lowest BCUT2D eigenvalue weighted by atomic mass is 9.87. The van der Waals surface area contributed by atoms with Gasteiger partial charge in [0.25, 0.3) is 11.4 Å². The van der Waals surface area contributed by atoms with E-state index in [1.165, 1.54) is 0 Å². The lowest BCUT2D eigenvalue weighted by Crippen LogP contribution is -2.08. The normalized spacial score (nSPS) is 13.4. The van der Waals surface area contributed by atoms with Gasteiger partial charge in [0, 0.05) is 24.3 Å². The number of aryl methyl sites for hydroxylation is 4. The molecule has 0 aliphatic heterocycles. The first-order valence-corrected chi connectivity index (χ1v) is 7.90. The fraction of sp³-hybridized carbons (Fsp3) is 0.333. The second kappa shape index (κ2) is 6.03. The van der Waals surface area contributed by atoms with E-state index in [0.717, 1.165) is 33.4 Å². The standard InChI is InChI=1S/C18H18N2O4/c1-11-13-3-5-15-9-18(20(23)24)10-16(12(15)2)6-4-14(11)8-17(7-13)19(21)22/h7-10H,3-6H2,1-2H3. The molecule has 4 bridgehead atoms. The molecule has 0 aromatic heterocycles. The molecule has 1 aliphatic rings. The average Bonchev–Trinajstić information content (AvgIpc) is 2.53. The topological polar surface area (TPSA) is 86.3 Å². The van der Waals surface area contributed by atoms with Crippen LogP contribution in [-0.4, -0.2) is 9.85 Å². The Morgan fingerprint density at radius 1 is 0.667 bits per heavy atom. The predicted octanol–water partition coefficient (Wildman–Crippen LogP) is 4.00. The summed E-state index contributed by atoms with van der Waals surface area (Å²) in [6, 6.07) is 6.53. The van der Waals surface area contributed by atoms with E-state index in [9.17, 15) is 20.2 Å². The number of non-ortho nitro benzene ring substituents is 2. The molecule has 0 amide bonds. The van der Waals surface area contributed by atoms with Crippen LogP contribution in [0.25, 0.3) is 0 Å². The smallest absolute Gasteiger partial charge is 0.258 e. The molecular weight excluding hydrogens is 308 g/mol. The summed E-state index contributed by atoms with van der Waals surface area (Å²) in [7, 11) is 0. The Labute approximate surface area is 139 Å². The van der Waals surface area contributed by atoms with Crippen molar-refractivity contribution in [2.75, 3.05) is 0 Å². The van der Waals surface area contributed by atoms with Gasteiger partial charge in [-0.25, -0.2) is 0 Å². The molecule has 0 heterocycles. The summed E-state index contributed by atoms with van der Waals surface area (Å²) in [6.45, 7) is 4.00. The van der Waals surface area contributed by atoms with E-state index in [2.05, 4.69) is 0 Å². The third kappa shape index (κ3) is 2.87. The van der Waals surface area contributed by atoms with Gasteiger partial charge in [-0.05, 0) is 72.9 Å². The van der Waals surface area contributed by atoms with E-state index in [0.29, 0.717) is 25.7 Å². The van der Waals surface area contributed by atoms with Crippen molar-refractivity contribution >= 4 is 11.4 Å². The quantitative estimate of drug-likeness (QED) is 0.616. The summed E-state index contributed by atoms with van der Waals surface area (Å²) < 4.78 is 0. The SMILES string of the molecule is Cc1c2cc([N+](=O)[O-])cc1CCc1cc([N+](=O)[O-])cc(c1C)CC2. The molecule has 0 fully saturated rings. The van der Waals surface area contributed by atoms with Gasteiger partial charge in [-0.1, -0.05) is 0 Å². The van der Waals surface area contributed by atoms with Gasteiger partial charge in [0.2, 0.25) is 0 Å². The molecule has 6 heteroatoms. The van der Waals surface area contributed by atoms with Crippen LogP contribution in [0.1, 0.15) is 33.4 Å². The van der Waals surface area contributed by atoms with Crippen molar-refractivity contribution in [1.29, 1.82) is 0 Å². The van der Waals surface area contributed by atoms with E-state index in [4.69, 9.17) is 0 Å². The van der Waals surface area contributed by atoms with Crippen LogP contribution in [0.3, 0.4) is 0 Å². The minimum absolute atomic E-state index is 0.123. The van der Waals surface area contributed by atoms with E-state index in [1.807, 2.05) is 13.8 Å². The Bertz CT molecular complexity index is 737. The maximum absolute atomic E-state index is 11.2. The number of hydrogen-bond donors (Lipinski definition) is 0. The van der Waals surface area contributed by atoms with Crippen LogP contribution in [0.15, 0.2) is 24.3 Å². The number of hydrogen-bond acceptors (Lipinski definition) is 4. The Morgan fingerprint density at radius 2 is 0.917 bits per heavy atom. The van der Waals surface area contributed by atoms with Crippen molar-refractivity contribution in [3.05, 3.63) is 77.9 Å². The van der Waals surface area contributed by atoms with Gasteiger partial charge in [0.1, 0.15) is 0 Å². The first-order chi connectivity index (χ1) is 11.4. The summed E-state index contributed by atoms with van der Waals surface area (Å²) in [6.07, 6.45) is 2.56. The lowest BCUT2D eigenvalue weighted by Gasteiger charge is -2.17. The van der Waals surface area contributed by atoms with Crippen LogP contribution >= 0.6 is 0 Å². The molecule has 0 saturated heterocycles. The largest absolute Gasteiger partial charge is 0.269 e. The van der Waals surface area contributed by atoms with Gasteiger partial charge < -0.3 is 0 Å².